The van der Waals surface area contributed by atoms with E-state index in [9.17, 15) is 4.79 Å². The summed E-state index contributed by atoms with van der Waals surface area (Å²) in [5, 5.41) is 4.12. The fraction of sp³-hybridized carbons (Fsp3) is 0.478. The molecule has 168 valence electrons. The summed E-state index contributed by atoms with van der Waals surface area (Å²) in [7, 11) is 0. The number of carbonyl (C=O) groups is 1. The molecule has 0 atom stereocenters. The molecule has 4 rings (SSSR count). The first-order chi connectivity index (χ1) is 15.4. The van der Waals surface area contributed by atoms with Crippen molar-refractivity contribution >= 4 is 28.2 Å². The van der Waals surface area contributed by atoms with Crippen LogP contribution in [0.15, 0.2) is 24.7 Å². The van der Waals surface area contributed by atoms with Gasteiger partial charge < -0.3 is 10.2 Å². The lowest BCUT2D eigenvalue weighted by Gasteiger charge is -2.32. The van der Waals surface area contributed by atoms with Crippen LogP contribution in [0.4, 0.5) is 10.9 Å². The molecule has 0 aliphatic carbocycles. The number of thiazole rings is 1. The number of aryl methyl sites for hydroxylation is 2. The summed E-state index contributed by atoms with van der Waals surface area (Å²) >= 11 is 1.60. The van der Waals surface area contributed by atoms with Crippen LogP contribution in [-0.4, -0.2) is 48.8 Å². The summed E-state index contributed by atoms with van der Waals surface area (Å²) < 4.78 is 0. The fourth-order valence-electron chi connectivity index (χ4n) is 3.89. The molecule has 1 N–H and O–H groups in total. The number of hydrogen-bond acceptors (Lipinski definition) is 8. The average molecular weight is 452 g/mol. The van der Waals surface area contributed by atoms with Crippen LogP contribution in [0, 0.1) is 19.8 Å². The molecule has 1 saturated heterocycles. The molecule has 0 radical (unpaired) electrons. The molecule has 1 aliphatic rings. The van der Waals surface area contributed by atoms with Gasteiger partial charge in [0.15, 0.2) is 5.13 Å². The Hall–Kier alpha value is -2.94. The van der Waals surface area contributed by atoms with Crippen molar-refractivity contribution in [1.29, 1.82) is 0 Å². The highest BCUT2D eigenvalue weighted by atomic mass is 32.1. The third kappa shape index (κ3) is 5.45. The molecule has 9 heteroatoms. The Kier molecular flexibility index (Phi) is 6.74. The van der Waals surface area contributed by atoms with Crippen LogP contribution in [0.2, 0.25) is 0 Å². The molecule has 8 nitrogen and oxygen atoms in total. The number of rotatable bonds is 6. The number of piperidine rings is 1. The number of hydrogen-bond donors (Lipinski definition) is 1. The molecule has 1 fully saturated rings. The second-order valence-corrected chi connectivity index (χ2v) is 9.85. The smallest absolute Gasteiger partial charge is 0.256 e. The Morgan fingerprint density at radius 3 is 2.47 bits per heavy atom. The number of carbonyl (C=O) groups excluding carboxylic acids is 1. The predicted molar refractivity (Wildman–Crippen MR) is 125 cm³/mol. The monoisotopic (exact) mass is 451 g/mol. The third-order valence-corrected chi connectivity index (χ3v) is 6.41. The van der Waals surface area contributed by atoms with Crippen LogP contribution in [0.1, 0.15) is 65.2 Å². The first kappa shape index (κ1) is 22.3. The van der Waals surface area contributed by atoms with E-state index in [4.69, 9.17) is 0 Å². The number of nitrogens with one attached hydrogen (secondary N) is 1. The third-order valence-electron chi connectivity index (χ3n) is 5.58. The zero-order chi connectivity index (χ0) is 22.7. The summed E-state index contributed by atoms with van der Waals surface area (Å²) in [6.45, 7) is 9.51. The van der Waals surface area contributed by atoms with E-state index < -0.39 is 0 Å². The van der Waals surface area contributed by atoms with Gasteiger partial charge in [-0.15, -0.1) is 11.3 Å². The van der Waals surface area contributed by atoms with E-state index in [0.717, 1.165) is 65.5 Å². The van der Waals surface area contributed by atoms with Crippen molar-refractivity contribution < 1.29 is 4.79 Å². The van der Waals surface area contributed by atoms with Crippen LogP contribution < -0.4 is 5.32 Å². The van der Waals surface area contributed by atoms with Gasteiger partial charge in [0.05, 0.1) is 5.56 Å². The van der Waals surface area contributed by atoms with Gasteiger partial charge in [-0.25, -0.2) is 24.9 Å². The molecular formula is C23H29N7OS. The highest BCUT2D eigenvalue weighted by molar-refractivity contribution is 7.15. The molecular weight excluding hydrogens is 422 g/mol. The molecule has 0 aromatic carbocycles. The van der Waals surface area contributed by atoms with Gasteiger partial charge in [-0.3, -0.25) is 4.79 Å². The highest BCUT2D eigenvalue weighted by Gasteiger charge is 2.25. The lowest BCUT2D eigenvalue weighted by atomic mass is 9.91. The Morgan fingerprint density at radius 1 is 1.12 bits per heavy atom. The highest BCUT2D eigenvalue weighted by Crippen LogP contribution is 2.25. The fourth-order valence-corrected chi connectivity index (χ4v) is 4.56. The predicted octanol–water partition coefficient (Wildman–Crippen LogP) is 4.30. The summed E-state index contributed by atoms with van der Waals surface area (Å²) in [6, 6.07) is 2.01. The largest absolute Gasteiger partial charge is 0.339 e. The zero-order valence-electron chi connectivity index (χ0n) is 19.0. The van der Waals surface area contributed by atoms with Gasteiger partial charge in [-0.1, -0.05) is 13.8 Å². The maximum atomic E-state index is 12.8. The summed E-state index contributed by atoms with van der Waals surface area (Å²) in [5.41, 5.74) is 1.59. The van der Waals surface area contributed by atoms with E-state index in [1.807, 2.05) is 44.9 Å². The summed E-state index contributed by atoms with van der Waals surface area (Å²) in [6.07, 6.45) is 7.94. The standard InChI is InChI=1S/C23H29N7OS/c1-14(2)21-24-12-18(13-25-21)22(31)30-7-5-17(6-8-30)9-19-10-20(28-16(4)27-19)29-23-26-11-15(3)32-23/h10-14,17H,5-9H2,1-4H3,(H,26,27,28,29). The van der Waals surface area contributed by atoms with Crippen LogP contribution in [-0.2, 0) is 6.42 Å². The minimum absolute atomic E-state index is 0.0156. The summed E-state index contributed by atoms with van der Waals surface area (Å²) in [5.74, 6) is 3.04. The molecule has 0 spiro atoms. The second kappa shape index (κ2) is 9.68. The van der Waals surface area contributed by atoms with Crippen molar-refractivity contribution in [3.8, 4) is 0 Å². The molecule has 3 aromatic rings. The van der Waals surface area contributed by atoms with Crippen LogP contribution >= 0.6 is 11.3 Å². The van der Waals surface area contributed by atoms with Crippen molar-refractivity contribution in [2.24, 2.45) is 5.92 Å². The van der Waals surface area contributed by atoms with Gasteiger partial charge in [0.2, 0.25) is 0 Å². The van der Waals surface area contributed by atoms with Gasteiger partial charge >= 0.3 is 0 Å². The Bertz CT molecular complexity index is 1070. The van der Waals surface area contributed by atoms with Crippen molar-refractivity contribution in [1.82, 2.24) is 29.8 Å². The maximum Gasteiger partial charge on any atom is 0.256 e. The molecule has 1 aliphatic heterocycles. The number of anilines is 2. The molecule has 32 heavy (non-hydrogen) atoms. The van der Waals surface area contributed by atoms with Gasteiger partial charge in [0.25, 0.3) is 5.91 Å². The minimum Gasteiger partial charge on any atom is -0.339 e. The molecule has 4 heterocycles. The Balaban J connectivity index is 1.34. The molecule has 3 aromatic heterocycles. The topological polar surface area (TPSA) is 96.8 Å². The van der Waals surface area contributed by atoms with Crippen molar-refractivity contribution in [3.05, 3.63) is 52.4 Å². The first-order valence-corrected chi connectivity index (χ1v) is 11.8. The van der Waals surface area contributed by atoms with E-state index in [1.165, 1.54) is 0 Å². The second-order valence-electron chi connectivity index (χ2n) is 8.62. The number of amides is 1. The van der Waals surface area contributed by atoms with Gasteiger partial charge in [0.1, 0.15) is 17.5 Å². The SMILES string of the molecule is Cc1nc(CC2CCN(C(=O)c3cnc(C(C)C)nc3)CC2)cc(Nc2ncc(C)s2)n1. The normalized spacial score (nSPS) is 14.7. The van der Waals surface area contributed by atoms with E-state index >= 15 is 0 Å². The lowest BCUT2D eigenvalue weighted by Crippen LogP contribution is -2.39. The maximum absolute atomic E-state index is 12.8. The molecule has 0 unspecified atom stereocenters. The number of aromatic nitrogens is 5. The van der Waals surface area contributed by atoms with Crippen LogP contribution in [0.3, 0.4) is 0 Å². The zero-order valence-corrected chi connectivity index (χ0v) is 19.8. The van der Waals surface area contributed by atoms with Crippen LogP contribution in [0.5, 0.6) is 0 Å². The Labute approximate surface area is 192 Å². The lowest BCUT2D eigenvalue weighted by molar-refractivity contribution is 0.0689. The van der Waals surface area contributed by atoms with E-state index in [1.54, 1.807) is 23.7 Å². The Morgan fingerprint density at radius 2 is 1.84 bits per heavy atom. The van der Waals surface area contributed by atoms with Crippen molar-refractivity contribution in [3.63, 3.8) is 0 Å². The molecule has 1 amide bonds. The van der Waals surface area contributed by atoms with Crippen LogP contribution in [0.25, 0.3) is 0 Å². The molecule has 0 bridgehead atoms. The molecule has 0 saturated carbocycles. The minimum atomic E-state index is 0.0156. The van der Waals surface area contributed by atoms with Gasteiger partial charge in [-0.05, 0) is 39.0 Å². The number of likely N-dealkylation sites (tertiary alicyclic amines) is 1. The first-order valence-electron chi connectivity index (χ1n) is 11.0. The van der Waals surface area contributed by atoms with Crippen molar-refractivity contribution in [2.75, 3.05) is 18.4 Å². The van der Waals surface area contributed by atoms with E-state index in [2.05, 4.69) is 30.2 Å². The summed E-state index contributed by atoms with van der Waals surface area (Å²) in [4.78, 5) is 38.0. The quantitative estimate of drug-likeness (QED) is 0.597. The average Bonchev–Trinajstić information content (AvgIpc) is 3.18. The van der Waals surface area contributed by atoms with Gasteiger partial charge in [-0.2, -0.15) is 0 Å². The van der Waals surface area contributed by atoms with Crippen molar-refractivity contribution in [2.45, 2.75) is 52.9 Å². The van der Waals surface area contributed by atoms with E-state index in [-0.39, 0.29) is 11.8 Å². The number of nitrogens with zero attached hydrogens (tertiary/aromatic N) is 6. The van der Waals surface area contributed by atoms with E-state index in [0.29, 0.717) is 11.5 Å². The van der Waals surface area contributed by atoms with Gasteiger partial charge in [0, 0.05) is 54.2 Å².